The molecule has 0 aliphatic carbocycles. The van der Waals surface area contributed by atoms with Crippen molar-refractivity contribution < 1.29 is 4.74 Å². The number of nitrogen functional groups attached to an aromatic ring is 1. The van der Waals surface area contributed by atoms with Crippen molar-refractivity contribution in [1.29, 1.82) is 0 Å². The van der Waals surface area contributed by atoms with Crippen LogP contribution in [-0.2, 0) is 11.3 Å². The SMILES string of the molecule is COCCNc1nc(N)n(CC(C)C)n1. The molecule has 0 aromatic carbocycles. The van der Waals surface area contributed by atoms with E-state index >= 15 is 0 Å². The summed E-state index contributed by atoms with van der Waals surface area (Å²) in [5, 5.41) is 7.27. The van der Waals surface area contributed by atoms with Crippen molar-refractivity contribution in [3.63, 3.8) is 0 Å². The van der Waals surface area contributed by atoms with Crippen LogP contribution in [0.4, 0.5) is 11.9 Å². The fraction of sp³-hybridized carbons (Fsp3) is 0.778. The lowest BCUT2D eigenvalue weighted by Crippen LogP contribution is -2.11. The predicted octanol–water partition coefficient (Wildman–Crippen LogP) is 0.575. The minimum atomic E-state index is 0.448. The number of anilines is 2. The zero-order valence-electron chi connectivity index (χ0n) is 9.53. The summed E-state index contributed by atoms with van der Waals surface area (Å²) in [6.07, 6.45) is 0. The highest BCUT2D eigenvalue weighted by molar-refractivity contribution is 5.31. The average Bonchev–Trinajstić information content (AvgIpc) is 2.47. The molecule has 1 aromatic heterocycles. The second-order valence-electron chi connectivity index (χ2n) is 3.79. The van der Waals surface area contributed by atoms with Crippen LogP contribution in [-0.4, -0.2) is 35.0 Å². The summed E-state index contributed by atoms with van der Waals surface area (Å²) >= 11 is 0. The van der Waals surface area contributed by atoms with Gasteiger partial charge < -0.3 is 15.8 Å². The van der Waals surface area contributed by atoms with Gasteiger partial charge in [0.15, 0.2) is 0 Å². The number of nitrogens with one attached hydrogen (secondary N) is 1. The van der Waals surface area contributed by atoms with Crippen LogP contribution in [0.3, 0.4) is 0 Å². The largest absolute Gasteiger partial charge is 0.383 e. The minimum absolute atomic E-state index is 0.448. The molecule has 0 fully saturated rings. The Labute approximate surface area is 89.8 Å². The van der Waals surface area contributed by atoms with Crippen LogP contribution in [0.5, 0.6) is 0 Å². The van der Waals surface area contributed by atoms with Gasteiger partial charge >= 0.3 is 0 Å². The maximum absolute atomic E-state index is 5.71. The van der Waals surface area contributed by atoms with E-state index in [4.69, 9.17) is 10.5 Å². The zero-order valence-corrected chi connectivity index (χ0v) is 9.53. The molecule has 3 N–H and O–H groups in total. The minimum Gasteiger partial charge on any atom is -0.383 e. The number of methoxy groups -OCH3 is 1. The monoisotopic (exact) mass is 213 g/mol. The molecule has 1 aromatic rings. The Bertz CT molecular complexity index is 297. The third-order valence-corrected chi connectivity index (χ3v) is 1.83. The maximum atomic E-state index is 5.71. The van der Waals surface area contributed by atoms with Crippen molar-refractivity contribution in [1.82, 2.24) is 14.8 Å². The van der Waals surface area contributed by atoms with Gasteiger partial charge in [-0.15, -0.1) is 5.10 Å². The van der Waals surface area contributed by atoms with E-state index in [0.717, 1.165) is 6.54 Å². The van der Waals surface area contributed by atoms with Gasteiger partial charge in [-0.2, -0.15) is 4.98 Å². The van der Waals surface area contributed by atoms with Gasteiger partial charge in [-0.3, -0.25) is 0 Å². The Hall–Kier alpha value is -1.30. The van der Waals surface area contributed by atoms with Crippen molar-refractivity contribution in [3.05, 3.63) is 0 Å². The highest BCUT2D eigenvalue weighted by Crippen LogP contribution is 2.07. The molecule has 1 rings (SSSR count). The number of nitrogens with zero attached hydrogens (tertiary/aromatic N) is 3. The first-order valence-electron chi connectivity index (χ1n) is 5.06. The number of aromatic nitrogens is 3. The van der Waals surface area contributed by atoms with Crippen molar-refractivity contribution >= 4 is 11.9 Å². The Morgan fingerprint density at radius 3 is 2.87 bits per heavy atom. The highest BCUT2D eigenvalue weighted by atomic mass is 16.5. The van der Waals surface area contributed by atoms with Crippen molar-refractivity contribution in [2.75, 3.05) is 31.3 Å². The van der Waals surface area contributed by atoms with Gasteiger partial charge in [-0.25, -0.2) is 4.68 Å². The molecule has 0 saturated heterocycles. The van der Waals surface area contributed by atoms with Crippen molar-refractivity contribution in [3.8, 4) is 0 Å². The molecule has 0 unspecified atom stereocenters. The Balaban J connectivity index is 2.52. The molecule has 0 atom stereocenters. The van der Waals surface area contributed by atoms with Crippen LogP contribution in [0.15, 0.2) is 0 Å². The Kier molecular flexibility index (Phi) is 4.36. The number of hydrogen-bond donors (Lipinski definition) is 2. The second-order valence-corrected chi connectivity index (χ2v) is 3.79. The summed E-state index contributed by atoms with van der Waals surface area (Å²) < 4.78 is 6.62. The molecule has 0 bridgehead atoms. The fourth-order valence-corrected chi connectivity index (χ4v) is 1.17. The van der Waals surface area contributed by atoms with Gasteiger partial charge in [-0.1, -0.05) is 13.8 Å². The van der Waals surface area contributed by atoms with Gasteiger partial charge in [0.1, 0.15) is 0 Å². The fourth-order valence-electron chi connectivity index (χ4n) is 1.17. The molecular formula is C9H19N5O. The molecule has 0 spiro atoms. The molecule has 86 valence electrons. The average molecular weight is 213 g/mol. The number of ether oxygens (including phenoxy) is 1. The lowest BCUT2D eigenvalue weighted by atomic mass is 10.2. The number of rotatable bonds is 6. The van der Waals surface area contributed by atoms with E-state index in [9.17, 15) is 0 Å². The Morgan fingerprint density at radius 1 is 1.53 bits per heavy atom. The van der Waals surface area contributed by atoms with Gasteiger partial charge in [-0.05, 0) is 5.92 Å². The van der Waals surface area contributed by atoms with E-state index < -0.39 is 0 Å². The smallest absolute Gasteiger partial charge is 0.244 e. The molecule has 15 heavy (non-hydrogen) atoms. The molecule has 6 nitrogen and oxygen atoms in total. The Morgan fingerprint density at radius 2 is 2.27 bits per heavy atom. The summed E-state index contributed by atoms with van der Waals surface area (Å²) in [6, 6.07) is 0. The molecule has 1 heterocycles. The lowest BCUT2D eigenvalue weighted by Gasteiger charge is -2.04. The third-order valence-electron chi connectivity index (χ3n) is 1.83. The summed E-state index contributed by atoms with van der Waals surface area (Å²) in [4.78, 5) is 4.10. The van der Waals surface area contributed by atoms with E-state index in [1.54, 1.807) is 11.8 Å². The predicted molar refractivity (Wildman–Crippen MR) is 59.6 cm³/mol. The number of hydrogen-bond acceptors (Lipinski definition) is 5. The summed E-state index contributed by atoms with van der Waals surface area (Å²) in [5.41, 5.74) is 5.71. The first-order valence-corrected chi connectivity index (χ1v) is 5.06. The van der Waals surface area contributed by atoms with Crippen LogP contribution >= 0.6 is 0 Å². The van der Waals surface area contributed by atoms with Crippen LogP contribution in [0, 0.1) is 5.92 Å². The van der Waals surface area contributed by atoms with Crippen LogP contribution in [0.2, 0.25) is 0 Å². The zero-order chi connectivity index (χ0) is 11.3. The molecule has 6 heteroatoms. The van der Waals surface area contributed by atoms with E-state index in [1.807, 2.05) is 0 Å². The molecule has 0 amide bonds. The van der Waals surface area contributed by atoms with E-state index in [1.165, 1.54) is 0 Å². The van der Waals surface area contributed by atoms with E-state index in [-0.39, 0.29) is 0 Å². The van der Waals surface area contributed by atoms with Crippen molar-refractivity contribution in [2.45, 2.75) is 20.4 Å². The van der Waals surface area contributed by atoms with E-state index in [0.29, 0.717) is 31.0 Å². The van der Waals surface area contributed by atoms with E-state index in [2.05, 4.69) is 29.2 Å². The lowest BCUT2D eigenvalue weighted by molar-refractivity contribution is 0.210. The second kappa shape index (κ2) is 5.55. The normalized spacial score (nSPS) is 10.9. The van der Waals surface area contributed by atoms with Gasteiger partial charge in [0.25, 0.3) is 0 Å². The standard InChI is InChI=1S/C9H19N5O/c1-7(2)6-14-8(10)12-9(13-14)11-4-5-15-3/h7H,4-6H2,1-3H3,(H3,10,11,12,13). The molecule has 0 aliphatic heterocycles. The molecular weight excluding hydrogens is 194 g/mol. The van der Waals surface area contributed by atoms with Gasteiger partial charge in [0, 0.05) is 20.2 Å². The first-order chi connectivity index (χ1) is 7.13. The van der Waals surface area contributed by atoms with Gasteiger partial charge in [0.05, 0.1) is 6.61 Å². The van der Waals surface area contributed by atoms with Crippen LogP contribution in [0.1, 0.15) is 13.8 Å². The van der Waals surface area contributed by atoms with Gasteiger partial charge in [0.2, 0.25) is 11.9 Å². The summed E-state index contributed by atoms with van der Waals surface area (Å²) in [6.45, 7) is 6.31. The van der Waals surface area contributed by atoms with Crippen LogP contribution < -0.4 is 11.1 Å². The molecule has 0 saturated carbocycles. The van der Waals surface area contributed by atoms with Crippen LogP contribution in [0.25, 0.3) is 0 Å². The summed E-state index contributed by atoms with van der Waals surface area (Å²) in [7, 11) is 1.65. The summed E-state index contributed by atoms with van der Waals surface area (Å²) in [5.74, 6) is 1.51. The third kappa shape index (κ3) is 3.75. The molecule has 0 radical (unpaired) electrons. The highest BCUT2D eigenvalue weighted by Gasteiger charge is 2.07. The molecule has 0 aliphatic rings. The maximum Gasteiger partial charge on any atom is 0.244 e. The first kappa shape index (κ1) is 11.8. The topological polar surface area (TPSA) is 78.0 Å². The van der Waals surface area contributed by atoms with Crippen molar-refractivity contribution in [2.24, 2.45) is 5.92 Å². The number of nitrogens with two attached hydrogens (primary N) is 1. The quantitative estimate of drug-likeness (QED) is 0.676.